The first-order chi connectivity index (χ1) is 9.33. The van der Waals surface area contributed by atoms with Gasteiger partial charge in [0.15, 0.2) is 0 Å². The van der Waals surface area contributed by atoms with Gasteiger partial charge in [-0.05, 0) is 23.3 Å². The van der Waals surface area contributed by atoms with Crippen molar-refractivity contribution in [2.45, 2.75) is 13.1 Å². The molecule has 1 aliphatic rings. The topological polar surface area (TPSA) is 15.3 Å². The van der Waals surface area contributed by atoms with Crippen LogP contribution in [-0.2, 0) is 13.1 Å². The van der Waals surface area contributed by atoms with Gasteiger partial charge in [-0.25, -0.2) is 0 Å². The normalized spacial score (nSPS) is 14.4. The molecule has 2 aromatic rings. The summed E-state index contributed by atoms with van der Waals surface area (Å²) in [6.07, 6.45) is 0. The summed E-state index contributed by atoms with van der Waals surface area (Å²) < 4.78 is 0. The van der Waals surface area contributed by atoms with E-state index in [-0.39, 0.29) is 0 Å². The van der Waals surface area contributed by atoms with Crippen molar-refractivity contribution in [3.8, 4) is 0 Å². The molecule has 3 rings (SSSR count). The van der Waals surface area contributed by atoms with Gasteiger partial charge in [-0.1, -0.05) is 48.0 Å². The van der Waals surface area contributed by atoms with Gasteiger partial charge in [0.05, 0.1) is 10.7 Å². The Labute approximate surface area is 119 Å². The van der Waals surface area contributed by atoms with E-state index in [1.807, 2.05) is 24.3 Å². The van der Waals surface area contributed by atoms with Crippen LogP contribution in [0.25, 0.3) is 0 Å². The molecule has 19 heavy (non-hydrogen) atoms. The first-order valence-electron chi connectivity index (χ1n) is 6.60. The lowest BCUT2D eigenvalue weighted by Gasteiger charge is -2.16. The van der Waals surface area contributed by atoms with E-state index < -0.39 is 0 Å². The van der Waals surface area contributed by atoms with E-state index >= 15 is 0 Å². The molecular formula is C16H17ClN2. The summed E-state index contributed by atoms with van der Waals surface area (Å²) in [6.45, 7) is 4.05. The third-order valence-corrected chi connectivity index (χ3v) is 3.85. The van der Waals surface area contributed by atoms with Crippen molar-refractivity contribution in [3.05, 3.63) is 64.7 Å². The number of anilines is 1. The van der Waals surface area contributed by atoms with Crippen molar-refractivity contribution in [3.63, 3.8) is 0 Å². The summed E-state index contributed by atoms with van der Waals surface area (Å²) in [6, 6.07) is 16.5. The van der Waals surface area contributed by atoms with Crippen LogP contribution in [-0.4, -0.2) is 18.0 Å². The number of nitrogens with zero attached hydrogens (tertiary/aromatic N) is 1. The molecule has 0 atom stereocenters. The zero-order chi connectivity index (χ0) is 13.1. The molecule has 0 saturated carbocycles. The van der Waals surface area contributed by atoms with Gasteiger partial charge < -0.3 is 5.32 Å². The van der Waals surface area contributed by atoms with Gasteiger partial charge in [0.25, 0.3) is 0 Å². The summed E-state index contributed by atoms with van der Waals surface area (Å²) in [7, 11) is 0. The summed E-state index contributed by atoms with van der Waals surface area (Å²) in [5.41, 5.74) is 3.93. The highest BCUT2D eigenvalue weighted by Gasteiger charge is 2.17. The Hall–Kier alpha value is -1.51. The Morgan fingerprint density at radius 1 is 0.947 bits per heavy atom. The Morgan fingerprint density at radius 2 is 1.58 bits per heavy atom. The quantitative estimate of drug-likeness (QED) is 0.912. The molecule has 1 N–H and O–H groups in total. The molecule has 3 heteroatoms. The molecule has 2 aromatic carbocycles. The summed E-state index contributed by atoms with van der Waals surface area (Å²) >= 11 is 6.12. The number of benzene rings is 2. The summed E-state index contributed by atoms with van der Waals surface area (Å²) in [4.78, 5) is 2.45. The first kappa shape index (κ1) is 12.5. The molecule has 1 aliphatic heterocycles. The van der Waals surface area contributed by atoms with E-state index in [0.717, 1.165) is 36.9 Å². The van der Waals surface area contributed by atoms with Crippen LogP contribution >= 0.6 is 11.6 Å². The molecule has 98 valence electrons. The van der Waals surface area contributed by atoms with Crippen molar-refractivity contribution in [1.29, 1.82) is 0 Å². The van der Waals surface area contributed by atoms with Crippen LogP contribution in [0.5, 0.6) is 0 Å². The van der Waals surface area contributed by atoms with Crippen LogP contribution in [0.4, 0.5) is 5.69 Å². The van der Waals surface area contributed by atoms with Crippen LogP contribution in [0.3, 0.4) is 0 Å². The number of fused-ring (bicyclic) bond motifs is 1. The molecule has 0 unspecified atom stereocenters. The molecular weight excluding hydrogens is 256 g/mol. The fourth-order valence-corrected chi connectivity index (χ4v) is 2.72. The third-order valence-electron chi connectivity index (χ3n) is 3.52. The smallest absolute Gasteiger partial charge is 0.0637 e. The van der Waals surface area contributed by atoms with Crippen LogP contribution in [0, 0.1) is 0 Å². The molecule has 0 spiro atoms. The van der Waals surface area contributed by atoms with Crippen LogP contribution < -0.4 is 5.32 Å². The van der Waals surface area contributed by atoms with Crippen molar-refractivity contribution < 1.29 is 0 Å². The standard InChI is InChI=1S/C16H17ClN2/c17-15-7-3-4-8-16(15)18-9-10-19-11-13-5-1-2-6-14(13)12-19/h1-8,18H,9-12H2. The number of hydrogen-bond acceptors (Lipinski definition) is 2. The van der Waals surface area contributed by atoms with Gasteiger partial charge in [0.1, 0.15) is 0 Å². The summed E-state index contributed by atoms with van der Waals surface area (Å²) in [5, 5.41) is 4.18. The lowest BCUT2D eigenvalue weighted by Crippen LogP contribution is -2.23. The number of para-hydroxylation sites is 1. The largest absolute Gasteiger partial charge is 0.383 e. The summed E-state index contributed by atoms with van der Waals surface area (Å²) in [5.74, 6) is 0. The average Bonchev–Trinajstić information content (AvgIpc) is 2.83. The van der Waals surface area contributed by atoms with E-state index in [4.69, 9.17) is 11.6 Å². The van der Waals surface area contributed by atoms with Crippen molar-refractivity contribution in [2.75, 3.05) is 18.4 Å². The van der Waals surface area contributed by atoms with Gasteiger partial charge in [0.2, 0.25) is 0 Å². The SMILES string of the molecule is Clc1ccccc1NCCN1Cc2ccccc2C1. The van der Waals surface area contributed by atoms with Crippen LogP contribution in [0.1, 0.15) is 11.1 Å². The Balaban J connectivity index is 1.51. The third kappa shape index (κ3) is 2.91. The minimum absolute atomic E-state index is 0.784. The van der Waals surface area contributed by atoms with Crippen LogP contribution in [0.2, 0.25) is 5.02 Å². The van der Waals surface area contributed by atoms with Crippen molar-refractivity contribution >= 4 is 17.3 Å². The highest BCUT2D eigenvalue weighted by Crippen LogP contribution is 2.22. The maximum absolute atomic E-state index is 6.12. The van der Waals surface area contributed by atoms with Gasteiger partial charge >= 0.3 is 0 Å². The zero-order valence-electron chi connectivity index (χ0n) is 10.8. The van der Waals surface area contributed by atoms with Gasteiger partial charge in [0, 0.05) is 26.2 Å². The molecule has 0 radical (unpaired) electrons. The molecule has 0 bridgehead atoms. The molecule has 0 amide bonds. The second-order valence-electron chi connectivity index (χ2n) is 4.89. The second-order valence-corrected chi connectivity index (χ2v) is 5.29. The number of rotatable bonds is 4. The van der Waals surface area contributed by atoms with Crippen LogP contribution in [0.15, 0.2) is 48.5 Å². The molecule has 1 heterocycles. The average molecular weight is 273 g/mol. The molecule has 0 aromatic heterocycles. The highest BCUT2D eigenvalue weighted by molar-refractivity contribution is 6.33. The lowest BCUT2D eigenvalue weighted by atomic mass is 10.1. The van der Waals surface area contributed by atoms with Crippen molar-refractivity contribution in [2.24, 2.45) is 0 Å². The predicted molar refractivity (Wildman–Crippen MR) is 80.5 cm³/mol. The number of nitrogens with one attached hydrogen (secondary N) is 1. The molecule has 2 nitrogen and oxygen atoms in total. The number of hydrogen-bond donors (Lipinski definition) is 1. The van der Waals surface area contributed by atoms with E-state index in [1.165, 1.54) is 11.1 Å². The van der Waals surface area contributed by atoms with Gasteiger partial charge in [-0.15, -0.1) is 0 Å². The van der Waals surface area contributed by atoms with E-state index in [9.17, 15) is 0 Å². The fourth-order valence-electron chi connectivity index (χ4n) is 2.52. The number of halogens is 1. The van der Waals surface area contributed by atoms with E-state index in [2.05, 4.69) is 34.5 Å². The second kappa shape index (κ2) is 5.64. The Bertz CT molecular complexity index is 543. The van der Waals surface area contributed by atoms with Gasteiger partial charge in [-0.3, -0.25) is 4.90 Å². The zero-order valence-corrected chi connectivity index (χ0v) is 11.5. The Morgan fingerprint density at radius 3 is 2.26 bits per heavy atom. The van der Waals surface area contributed by atoms with Crippen molar-refractivity contribution in [1.82, 2.24) is 4.90 Å². The minimum Gasteiger partial charge on any atom is -0.383 e. The monoisotopic (exact) mass is 272 g/mol. The lowest BCUT2D eigenvalue weighted by molar-refractivity contribution is 0.296. The molecule has 0 saturated heterocycles. The molecule has 0 aliphatic carbocycles. The van der Waals surface area contributed by atoms with E-state index in [0.29, 0.717) is 0 Å². The maximum Gasteiger partial charge on any atom is 0.0637 e. The first-order valence-corrected chi connectivity index (χ1v) is 6.98. The van der Waals surface area contributed by atoms with E-state index in [1.54, 1.807) is 0 Å². The Kier molecular flexibility index (Phi) is 3.72. The maximum atomic E-state index is 6.12. The molecule has 0 fully saturated rings. The predicted octanol–water partition coefficient (Wildman–Crippen LogP) is 3.77. The van der Waals surface area contributed by atoms with Gasteiger partial charge in [-0.2, -0.15) is 0 Å². The highest BCUT2D eigenvalue weighted by atomic mass is 35.5. The fraction of sp³-hybridized carbons (Fsp3) is 0.250. The minimum atomic E-state index is 0.784.